The van der Waals surface area contributed by atoms with E-state index in [0.29, 0.717) is 35.7 Å². The minimum absolute atomic E-state index is 0.161. The normalized spacial score (nSPS) is 15.5. The van der Waals surface area contributed by atoms with Crippen LogP contribution in [0.2, 0.25) is 0 Å². The minimum atomic E-state index is -0.296. The number of benzene rings is 1. The first kappa shape index (κ1) is 18.6. The maximum Gasteiger partial charge on any atom is 0.257 e. The average Bonchev–Trinajstić information content (AvgIpc) is 2.69. The Morgan fingerprint density at radius 1 is 1.21 bits per heavy atom. The molecule has 3 aromatic rings. The Bertz CT molecular complexity index is 1100. The molecule has 0 fully saturated rings. The third kappa shape index (κ3) is 3.42. The molecule has 0 unspecified atom stereocenters. The number of carbonyl (C=O) groups excluding carboxylic acids is 1. The molecule has 0 bridgehead atoms. The number of ether oxygens (including phenoxy) is 1. The zero-order chi connectivity index (χ0) is 20.5. The van der Waals surface area contributed by atoms with Crippen molar-refractivity contribution >= 4 is 17.7 Å². The van der Waals surface area contributed by atoms with Crippen LogP contribution in [0.15, 0.2) is 30.5 Å². The molecule has 5 N–H and O–H groups in total. The minimum Gasteiger partial charge on any atom is -0.475 e. The molecule has 29 heavy (non-hydrogen) atoms. The summed E-state index contributed by atoms with van der Waals surface area (Å²) in [5, 5.41) is 3.05. The van der Waals surface area contributed by atoms with Crippen molar-refractivity contribution in [2.24, 2.45) is 0 Å². The number of aryl methyl sites for hydroxylation is 1. The first-order chi connectivity index (χ1) is 14.0. The Kier molecular flexibility index (Phi) is 4.71. The van der Waals surface area contributed by atoms with Gasteiger partial charge < -0.3 is 21.5 Å². The van der Waals surface area contributed by atoms with Crippen LogP contribution < -0.4 is 21.5 Å². The van der Waals surface area contributed by atoms with Crippen molar-refractivity contribution in [3.63, 3.8) is 0 Å². The number of rotatable bonds is 4. The second-order valence-electron chi connectivity index (χ2n) is 6.68. The quantitative estimate of drug-likeness (QED) is 0.611. The summed E-state index contributed by atoms with van der Waals surface area (Å²) in [5.74, 6) is 0.459. The summed E-state index contributed by atoms with van der Waals surface area (Å²) < 4.78 is 5.47. The molecule has 1 atom stereocenters. The van der Waals surface area contributed by atoms with Crippen LogP contribution in [-0.4, -0.2) is 32.4 Å². The third-order valence-electron chi connectivity index (χ3n) is 4.77. The number of aromatic nitrogens is 4. The molecule has 3 heterocycles. The number of nitrogen functional groups attached to an aromatic ring is 2. The molecule has 0 saturated carbocycles. The summed E-state index contributed by atoms with van der Waals surface area (Å²) in [5.41, 5.74) is 15.7. The maximum atomic E-state index is 12.7. The van der Waals surface area contributed by atoms with E-state index < -0.39 is 0 Å². The van der Waals surface area contributed by atoms with Crippen molar-refractivity contribution < 1.29 is 9.53 Å². The van der Waals surface area contributed by atoms with Gasteiger partial charge in [0.05, 0.1) is 41.5 Å². The lowest BCUT2D eigenvalue weighted by atomic mass is 9.90. The lowest BCUT2D eigenvalue weighted by Gasteiger charge is -2.27. The van der Waals surface area contributed by atoms with Gasteiger partial charge in [-0.3, -0.25) is 4.79 Å². The fourth-order valence-electron chi connectivity index (χ4n) is 3.55. The van der Waals surface area contributed by atoms with Crippen molar-refractivity contribution in [2.75, 3.05) is 18.1 Å². The first-order valence-corrected chi connectivity index (χ1v) is 9.26. The summed E-state index contributed by atoms with van der Waals surface area (Å²) in [7, 11) is 0. The number of carbonyl (C=O) groups is 1. The molecule has 0 spiro atoms. The number of nitrogens with one attached hydrogen (secondary N) is 1. The predicted molar refractivity (Wildman–Crippen MR) is 108 cm³/mol. The van der Waals surface area contributed by atoms with E-state index in [-0.39, 0.29) is 29.6 Å². The molecule has 4 rings (SSSR count). The number of nitrogens with two attached hydrogens (primary N) is 2. The summed E-state index contributed by atoms with van der Waals surface area (Å²) in [6, 6.07) is 7.39. The van der Waals surface area contributed by atoms with E-state index in [1.807, 2.05) is 31.2 Å². The van der Waals surface area contributed by atoms with Gasteiger partial charge in [-0.1, -0.05) is 24.3 Å². The SMILES string of the molecule is CCOc1nc(-c2ccccc2[C@H]2Cc3nc(N)nc(C)c3C(=O)N2)cnc1N. The number of anilines is 2. The molecule has 9 nitrogen and oxygen atoms in total. The van der Waals surface area contributed by atoms with Gasteiger partial charge in [0.25, 0.3) is 11.8 Å². The maximum absolute atomic E-state index is 12.7. The topological polar surface area (TPSA) is 142 Å². The zero-order valence-corrected chi connectivity index (χ0v) is 16.1. The smallest absolute Gasteiger partial charge is 0.257 e. The summed E-state index contributed by atoms with van der Waals surface area (Å²) in [6.45, 7) is 4.04. The number of nitrogens with zero attached hydrogens (tertiary/aromatic N) is 4. The van der Waals surface area contributed by atoms with Crippen molar-refractivity contribution in [1.82, 2.24) is 25.3 Å². The van der Waals surface area contributed by atoms with Crippen LogP contribution in [-0.2, 0) is 6.42 Å². The van der Waals surface area contributed by atoms with Crippen LogP contribution in [0, 0.1) is 6.92 Å². The van der Waals surface area contributed by atoms with Gasteiger partial charge in [0.15, 0.2) is 5.82 Å². The summed E-state index contributed by atoms with van der Waals surface area (Å²) >= 11 is 0. The van der Waals surface area contributed by atoms with E-state index in [1.165, 1.54) is 0 Å². The van der Waals surface area contributed by atoms with Gasteiger partial charge in [0.2, 0.25) is 5.95 Å². The van der Waals surface area contributed by atoms with Crippen LogP contribution >= 0.6 is 0 Å². The number of hydrogen-bond acceptors (Lipinski definition) is 8. The van der Waals surface area contributed by atoms with Crippen LogP contribution in [0.5, 0.6) is 5.88 Å². The highest BCUT2D eigenvalue weighted by Gasteiger charge is 2.30. The van der Waals surface area contributed by atoms with Gasteiger partial charge in [-0.2, -0.15) is 0 Å². The van der Waals surface area contributed by atoms with Gasteiger partial charge in [0, 0.05) is 12.0 Å². The van der Waals surface area contributed by atoms with Crippen LogP contribution in [0.4, 0.5) is 11.8 Å². The van der Waals surface area contributed by atoms with Crippen molar-refractivity contribution in [1.29, 1.82) is 0 Å². The van der Waals surface area contributed by atoms with E-state index in [2.05, 4.69) is 25.3 Å². The van der Waals surface area contributed by atoms with Gasteiger partial charge in [-0.05, 0) is 19.4 Å². The highest BCUT2D eigenvalue weighted by Crippen LogP contribution is 2.33. The molecule has 0 radical (unpaired) electrons. The average molecular weight is 391 g/mol. The molecule has 0 aliphatic carbocycles. The predicted octanol–water partition coefficient (Wildman–Crippen LogP) is 1.83. The second kappa shape index (κ2) is 7.34. The summed E-state index contributed by atoms with van der Waals surface area (Å²) in [4.78, 5) is 29.8. The van der Waals surface area contributed by atoms with Gasteiger partial charge in [-0.25, -0.2) is 19.9 Å². The van der Waals surface area contributed by atoms with E-state index >= 15 is 0 Å². The molecule has 0 saturated heterocycles. The highest BCUT2D eigenvalue weighted by atomic mass is 16.5. The number of fused-ring (bicyclic) bond motifs is 1. The third-order valence-corrected chi connectivity index (χ3v) is 4.77. The second-order valence-corrected chi connectivity index (χ2v) is 6.68. The van der Waals surface area contributed by atoms with Gasteiger partial charge in [0.1, 0.15) is 0 Å². The Labute approximate surface area is 167 Å². The van der Waals surface area contributed by atoms with Gasteiger partial charge >= 0.3 is 0 Å². The number of amides is 1. The molecule has 148 valence electrons. The lowest BCUT2D eigenvalue weighted by Crippen LogP contribution is -2.37. The fraction of sp³-hybridized carbons (Fsp3) is 0.250. The van der Waals surface area contributed by atoms with Crippen LogP contribution in [0.3, 0.4) is 0 Å². The molecular formula is C20H21N7O2. The molecule has 1 aliphatic heterocycles. The van der Waals surface area contributed by atoms with Crippen molar-refractivity contribution in [3.05, 3.63) is 53.0 Å². The molecular weight excluding hydrogens is 370 g/mol. The van der Waals surface area contributed by atoms with Crippen molar-refractivity contribution in [3.8, 4) is 17.1 Å². The molecule has 9 heteroatoms. The van der Waals surface area contributed by atoms with E-state index in [4.69, 9.17) is 16.2 Å². The largest absolute Gasteiger partial charge is 0.475 e. The van der Waals surface area contributed by atoms with Gasteiger partial charge in [-0.15, -0.1) is 0 Å². The Balaban J connectivity index is 1.76. The monoisotopic (exact) mass is 391 g/mol. The Hall–Kier alpha value is -3.75. The molecule has 1 aliphatic rings. The Morgan fingerprint density at radius 2 is 2.00 bits per heavy atom. The van der Waals surface area contributed by atoms with Crippen LogP contribution in [0.25, 0.3) is 11.3 Å². The lowest BCUT2D eigenvalue weighted by molar-refractivity contribution is 0.0922. The number of hydrogen-bond donors (Lipinski definition) is 3. The Morgan fingerprint density at radius 3 is 2.79 bits per heavy atom. The summed E-state index contributed by atoms with van der Waals surface area (Å²) in [6.07, 6.45) is 2.09. The molecule has 1 amide bonds. The first-order valence-electron chi connectivity index (χ1n) is 9.26. The highest BCUT2D eigenvalue weighted by molar-refractivity contribution is 5.98. The van der Waals surface area contributed by atoms with E-state index in [0.717, 1.165) is 11.1 Å². The van der Waals surface area contributed by atoms with Crippen LogP contribution in [0.1, 0.15) is 40.3 Å². The zero-order valence-electron chi connectivity index (χ0n) is 16.1. The molecule has 1 aromatic carbocycles. The standard InChI is InChI=1S/C20H21N7O2/c1-3-29-19-17(21)23-9-15(26-19)12-7-5-4-6-11(12)13-8-14-16(18(28)25-13)10(2)24-20(22)27-14/h4-7,9,13H,3,8H2,1-2H3,(H2,21,23)(H,25,28)(H2,22,24,27)/t13-/m1/s1. The van der Waals surface area contributed by atoms with Crippen molar-refractivity contribution in [2.45, 2.75) is 26.3 Å². The van der Waals surface area contributed by atoms with E-state index in [9.17, 15) is 4.79 Å². The molecule has 2 aromatic heterocycles. The van der Waals surface area contributed by atoms with E-state index in [1.54, 1.807) is 13.1 Å². The fourth-order valence-corrected chi connectivity index (χ4v) is 3.55.